The molecule has 1 aromatic carbocycles. The summed E-state index contributed by atoms with van der Waals surface area (Å²) in [6, 6.07) is 8.93. The number of carbonyl (C=O) groups excluding carboxylic acids is 2. The third-order valence-electron chi connectivity index (χ3n) is 4.44. The van der Waals surface area contributed by atoms with Gasteiger partial charge in [0.1, 0.15) is 5.76 Å². The van der Waals surface area contributed by atoms with Crippen LogP contribution in [-0.2, 0) is 16.0 Å². The molecular formula is C20H18ClN3O3S. The summed E-state index contributed by atoms with van der Waals surface area (Å²) in [5.41, 5.74) is 1.94. The maximum atomic E-state index is 12.4. The van der Waals surface area contributed by atoms with Crippen LogP contribution in [0.4, 0.5) is 11.4 Å². The van der Waals surface area contributed by atoms with Crippen LogP contribution in [0.15, 0.2) is 40.1 Å². The van der Waals surface area contributed by atoms with Crippen molar-refractivity contribution in [3.63, 3.8) is 0 Å². The first-order chi connectivity index (χ1) is 13.5. The number of thiazole rings is 1. The van der Waals surface area contributed by atoms with Crippen molar-refractivity contribution in [3.8, 4) is 10.8 Å². The summed E-state index contributed by atoms with van der Waals surface area (Å²) in [6.07, 6.45) is 1.53. The van der Waals surface area contributed by atoms with Gasteiger partial charge in [-0.2, -0.15) is 0 Å². The second kappa shape index (κ2) is 7.77. The minimum atomic E-state index is -0.187. The minimum Gasteiger partial charge on any atom is -0.459 e. The first-order valence-electron chi connectivity index (χ1n) is 8.90. The van der Waals surface area contributed by atoms with Gasteiger partial charge >= 0.3 is 0 Å². The molecule has 8 heteroatoms. The lowest BCUT2D eigenvalue weighted by Gasteiger charge is -2.18. The molecule has 0 saturated carbocycles. The smallest absolute Gasteiger partial charge is 0.230 e. The van der Waals surface area contributed by atoms with E-state index in [1.807, 2.05) is 24.4 Å². The monoisotopic (exact) mass is 415 g/mol. The highest BCUT2D eigenvalue weighted by molar-refractivity contribution is 7.13. The highest BCUT2D eigenvalue weighted by Crippen LogP contribution is 2.32. The summed E-state index contributed by atoms with van der Waals surface area (Å²) >= 11 is 7.76. The number of aryl methyl sites for hydroxylation is 1. The lowest BCUT2D eigenvalue weighted by atomic mass is 10.2. The molecule has 0 aliphatic carbocycles. The molecule has 0 atom stereocenters. The number of hydrogen-bond donors (Lipinski definition) is 1. The summed E-state index contributed by atoms with van der Waals surface area (Å²) in [7, 11) is 0. The number of nitrogens with one attached hydrogen (secondary N) is 1. The van der Waals surface area contributed by atoms with E-state index in [1.54, 1.807) is 23.1 Å². The molecule has 1 fully saturated rings. The Kier molecular flexibility index (Phi) is 5.19. The number of benzene rings is 1. The zero-order chi connectivity index (χ0) is 19.7. The van der Waals surface area contributed by atoms with Crippen LogP contribution in [0.2, 0.25) is 5.02 Å². The molecule has 6 nitrogen and oxygen atoms in total. The molecule has 144 valence electrons. The Bertz CT molecular complexity index is 1040. The van der Waals surface area contributed by atoms with Crippen molar-refractivity contribution >= 4 is 46.1 Å². The average molecular weight is 416 g/mol. The number of furan rings is 1. The van der Waals surface area contributed by atoms with E-state index < -0.39 is 0 Å². The summed E-state index contributed by atoms with van der Waals surface area (Å²) in [5.74, 6) is 1.41. The number of hydrogen-bond acceptors (Lipinski definition) is 5. The summed E-state index contributed by atoms with van der Waals surface area (Å²) in [5, 5.41) is 5.87. The highest BCUT2D eigenvalue weighted by Gasteiger charge is 2.23. The van der Waals surface area contributed by atoms with Crippen molar-refractivity contribution in [2.45, 2.75) is 26.2 Å². The van der Waals surface area contributed by atoms with Crippen LogP contribution < -0.4 is 10.2 Å². The topological polar surface area (TPSA) is 75.4 Å². The van der Waals surface area contributed by atoms with Gasteiger partial charge in [-0.3, -0.25) is 9.59 Å². The largest absolute Gasteiger partial charge is 0.459 e. The fourth-order valence-corrected chi connectivity index (χ4v) is 4.19. The lowest BCUT2D eigenvalue weighted by Crippen LogP contribution is -2.24. The number of amides is 2. The van der Waals surface area contributed by atoms with E-state index in [9.17, 15) is 9.59 Å². The molecule has 0 unspecified atom stereocenters. The van der Waals surface area contributed by atoms with E-state index in [1.165, 1.54) is 11.3 Å². The van der Waals surface area contributed by atoms with Gasteiger partial charge in [0.15, 0.2) is 10.8 Å². The minimum absolute atomic E-state index is 0.0739. The van der Waals surface area contributed by atoms with Gasteiger partial charge in [-0.15, -0.1) is 11.3 Å². The van der Waals surface area contributed by atoms with Gasteiger partial charge in [-0.25, -0.2) is 4.98 Å². The Hall–Kier alpha value is -2.64. The number of nitrogens with zero attached hydrogens (tertiary/aromatic N) is 2. The average Bonchev–Trinajstić information content (AvgIpc) is 3.37. The van der Waals surface area contributed by atoms with Gasteiger partial charge in [0.25, 0.3) is 0 Å². The Morgan fingerprint density at radius 3 is 2.89 bits per heavy atom. The fourth-order valence-electron chi connectivity index (χ4n) is 3.13. The molecule has 2 amide bonds. The number of aromatic nitrogens is 1. The molecular weight excluding hydrogens is 398 g/mol. The predicted molar refractivity (Wildman–Crippen MR) is 110 cm³/mol. The van der Waals surface area contributed by atoms with E-state index >= 15 is 0 Å². The Morgan fingerprint density at radius 2 is 2.21 bits per heavy atom. The van der Waals surface area contributed by atoms with Gasteiger partial charge in [0, 0.05) is 24.0 Å². The van der Waals surface area contributed by atoms with Crippen LogP contribution in [-0.4, -0.2) is 23.3 Å². The molecule has 3 heterocycles. The SMILES string of the molecule is Cc1ccc(-c2nc(CC(=O)Nc3ccc(N4CCCC4=O)c(Cl)c3)cs2)o1. The van der Waals surface area contributed by atoms with Gasteiger partial charge in [-0.1, -0.05) is 11.6 Å². The zero-order valence-electron chi connectivity index (χ0n) is 15.2. The van der Waals surface area contributed by atoms with Crippen LogP contribution in [0.5, 0.6) is 0 Å². The van der Waals surface area contributed by atoms with E-state index in [0.717, 1.165) is 17.2 Å². The maximum Gasteiger partial charge on any atom is 0.230 e. The standard InChI is InChI=1S/C20H18ClN3O3S/c1-12-4-7-17(27-12)20-23-14(11-28-20)10-18(25)22-13-5-6-16(15(21)9-13)24-8-2-3-19(24)26/h4-7,9,11H,2-3,8,10H2,1H3,(H,22,25). The third-order valence-corrected chi connectivity index (χ3v) is 5.65. The Labute approximate surface area is 171 Å². The van der Waals surface area contributed by atoms with Gasteiger partial charge in [0.2, 0.25) is 11.8 Å². The molecule has 0 spiro atoms. The second-order valence-corrected chi connectivity index (χ2v) is 7.86. The summed E-state index contributed by atoms with van der Waals surface area (Å²) in [6.45, 7) is 2.55. The van der Waals surface area contributed by atoms with Crippen molar-refractivity contribution in [1.29, 1.82) is 0 Å². The van der Waals surface area contributed by atoms with Crippen molar-refractivity contribution in [1.82, 2.24) is 4.98 Å². The second-order valence-electron chi connectivity index (χ2n) is 6.59. The number of halogens is 1. The molecule has 0 bridgehead atoms. The van der Waals surface area contributed by atoms with Crippen LogP contribution in [0.3, 0.4) is 0 Å². The molecule has 3 aromatic rings. The first-order valence-corrected chi connectivity index (χ1v) is 10.2. The van der Waals surface area contributed by atoms with E-state index in [4.69, 9.17) is 16.0 Å². The molecule has 1 aliphatic rings. The number of anilines is 2. The molecule has 1 aliphatic heterocycles. The van der Waals surface area contributed by atoms with Crippen LogP contribution in [0, 0.1) is 6.92 Å². The first kappa shape index (κ1) is 18.7. The molecule has 1 N–H and O–H groups in total. The van der Waals surface area contributed by atoms with Crippen molar-refractivity contribution < 1.29 is 14.0 Å². The molecule has 28 heavy (non-hydrogen) atoms. The molecule has 4 rings (SSSR count). The van der Waals surface area contributed by atoms with Gasteiger partial charge < -0.3 is 14.6 Å². The summed E-state index contributed by atoms with van der Waals surface area (Å²) in [4.78, 5) is 30.4. The van der Waals surface area contributed by atoms with Crippen LogP contribution in [0.25, 0.3) is 10.8 Å². The maximum absolute atomic E-state index is 12.4. The molecule has 2 aromatic heterocycles. The van der Waals surface area contributed by atoms with E-state index in [0.29, 0.717) is 40.8 Å². The summed E-state index contributed by atoms with van der Waals surface area (Å²) < 4.78 is 5.56. The van der Waals surface area contributed by atoms with Crippen molar-refractivity contribution in [2.24, 2.45) is 0 Å². The van der Waals surface area contributed by atoms with Crippen molar-refractivity contribution in [3.05, 3.63) is 52.2 Å². The Morgan fingerprint density at radius 1 is 1.36 bits per heavy atom. The Balaban J connectivity index is 1.41. The van der Waals surface area contributed by atoms with E-state index in [-0.39, 0.29) is 18.2 Å². The fraction of sp³-hybridized carbons (Fsp3) is 0.250. The lowest BCUT2D eigenvalue weighted by molar-refractivity contribution is -0.117. The zero-order valence-corrected chi connectivity index (χ0v) is 16.8. The highest BCUT2D eigenvalue weighted by atomic mass is 35.5. The molecule has 0 radical (unpaired) electrons. The van der Waals surface area contributed by atoms with Gasteiger partial charge in [0.05, 0.1) is 22.8 Å². The number of carbonyl (C=O) groups is 2. The van der Waals surface area contributed by atoms with E-state index in [2.05, 4.69) is 10.3 Å². The normalized spacial score (nSPS) is 13.9. The van der Waals surface area contributed by atoms with Crippen LogP contribution >= 0.6 is 22.9 Å². The van der Waals surface area contributed by atoms with Gasteiger partial charge in [-0.05, 0) is 43.7 Å². The predicted octanol–water partition coefficient (Wildman–Crippen LogP) is 4.67. The number of rotatable bonds is 5. The van der Waals surface area contributed by atoms with Crippen LogP contribution in [0.1, 0.15) is 24.3 Å². The third kappa shape index (κ3) is 3.95. The molecule has 1 saturated heterocycles. The van der Waals surface area contributed by atoms with Crippen molar-refractivity contribution in [2.75, 3.05) is 16.8 Å². The quantitative estimate of drug-likeness (QED) is 0.656.